The molecular weight excluding hydrogens is 300 g/mol. The van der Waals surface area contributed by atoms with Crippen molar-refractivity contribution >= 4 is 17.9 Å². The highest BCUT2D eigenvalue weighted by molar-refractivity contribution is 5.89. The Morgan fingerprint density at radius 3 is 2.17 bits per heavy atom. The fourth-order valence-electron chi connectivity index (χ4n) is 1.34. The number of unbranched alkanes of at least 4 members (excludes halogenated alkanes) is 1. The van der Waals surface area contributed by atoms with E-state index in [2.05, 4.69) is 22.6 Å². The van der Waals surface area contributed by atoms with E-state index in [0.717, 1.165) is 18.9 Å². The van der Waals surface area contributed by atoms with Crippen LogP contribution in [0.3, 0.4) is 0 Å². The van der Waals surface area contributed by atoms with E-state index >= 15 is 0 Å². The molecule has 23 heavy (non-hydrogen) atoms. The van der Waals surface area contributed by atoms with Crippen LogP contribution >= 0.6 is 0 Å². The van der Waals surface area contributed by atoms with E-state index in [0.29, 0.717) is 18.6 Å². The molecule has 0 atom stereocenters. The van der Waals surface area contributed by atoms with Crippen LogP contribution in [0.15, 0.2) is 36.5 Å². The maximum Gasteiger partial charge on any atom is 0.333 e. The summed E-state index contributed by atoms with van der Waals surface area (Å²) in [4.78, 5) is 31.9. The monoisotopic (exact) mass is 326 g/mol. The molecule has 130 valence electrons. The van der Waals surface area contributed by atoms with Crippen molar-refractivity contribution in [2.75, 3.05) is 13.7 Å². The standard InChI is InChI=1S/C12H18O4.C5H8O2/c1-4-5-6-10(11(13)14)8-7-9(2)12(15)16-3;1-3-5(6)7-4-2/h8H,2,4-7H2,1,3H3,(H,13,14);3H,1,4H2,2H3. The number of hydrogen-bond acceptors (Lipinski definition) is 5. The molecule has 6 heteroatoms. The number of esters is 2. The number of ether oxygens (including phenoxy) is 2. The Labute approximate surface area is 137 Å². The number of rotatable bonds is 9. The van der Waals surface area contributed by atoms with Crippen LogP contribution in [0.2, 0.25) is 0 Å². The lowest BCUT2D eigenvalue weighted by Crippen LogP contribution is -2.05. The number of carboxylic acid groups (broad SMARTS) is 1. The number of carbonyl (C=O) groups excluding carboxylic acids is 2. The molecule has 0 bridgehead atoms. The van der Waals surface area contributed by atoms with Gasteiger partial charge in [0.05, 0.1) is 13.7 Å². The first-order valence-corrected chi connectivity index (χ1v) is 7.31. The molecular formula is C17H26O6. The van der Waals surface area contributed by atoms with Crippen molar-refractivity contribution in [3.8, 4) is 0 Å². The first-order valence-electron chi connectivity index (χ1n) is 7.31. The van der Waals surface area contributed by atoms with E-state index in [1.807, 2.05) is 6.92 Å². The topological polar surface area (TPSA) is 89.9 Å². The van der Waals surface area contributed by atoms with E-state index in [9.17, 15) is 14.4 Å². The van der Waals surface area contributed by atoms with Gasteiger partial charge in [-0.2, -0.15) is 0 Å². The lowest BCUT2D eigenvalue weighted by molar-refractivity contribution is -0.137. The average Bonchev–Trinajstić information content (AvgIpc) is 2.54. The summed E-state index contributed by atoms with van der Waals surface area (Å²) in [5.74, 6) is -1.80. The van der Waals surface area contributed by atoms with Gasteiger partial charge in [0, 0.05) is 17.2 Å². The second kappa shape index (κ2) is 14.6. The van der Waals surface area contributed by atoms with Crippen molar-refractivity contribution in [2.24, 2.45) is 0 Å². The smallest absolute Gasteiger partial charge is 0.333 e. The fourth-order valence-corrected chi connectivity index (χ4v) is 1.34. The number of aliphatic carboxylic acids is 1. The zero-order chi connectivity index (χ0) is 18.3. The zero-order valence-electron chi connectivity index (χ0n) is 14.1. The molecule has 0 aliphatic carbocycles. The number of hydrogen-bond donors (Lipinski definition) is 1. The molecule has 0 heterocycles. The molecule has 0 rings (SSSR count). The van der Waals surface area contributed by atoms with Crippen LogP contribution in [-0.4, -0.2) is 36.7 Å². The van der Waals surface area contributed by atoms with Gasteiger partial charge in [-0.15, -0.1) is 0 Å². The van der Waals surface area contributed by atoms with E-state index < -0.39 is 11.9 Å². The van der Waals surface area contributed by atoms with Gasteiger partial charge in [-0.25, -0.2) is 14.4 Å². The van der Waals surface area contributed by atoms with Gasteiger partial charge in [-0.1, -0.05) is 32.6 Å². The SMILES string of the molecule is C=C(CC=C(CCCC)C(=O)O)C(=O)OC.C=CC(=O)OCC. The molecule has 0 radical (unpaired) electrons. The van der Waals surface area contributed by atoms with E-state index in [4.69, 9.17) is 5.11 Å². The predicted molar refractivity (Wildman–Crippen MR) is 87.8 cm³/mol. The summed E-state index contributed by atoms with van der Waals surface area (Å²) in [5.41, 5.74) is 0.588. The molecule has 0 aliphatic rings. The van der Waals surface area contributed by atoms with Gasteiger partial charge in [0.15, 0.2) is 0 Å². The van der Waals surface area contributed by atoms with Crippen molar-refractivity contribution in [2.45, 2.75) is 39.5 Å². The van der Waals surface area contributed by atoms with Gasteiger partial charge in [-0.05, 0) is 26.2 Å². The molecule has 0 amide bonds. The summed E-state index contributed by atoms with van der Waals surface area (Å²) < 4.78 is 8.90. The molecule has 0 spiro atoms. The van der Waals surface area contributed by atoms with E-state index in [-0.39, 0.29) is 18.0 Å². The summed E-state index contributed by atoms with van der Waals surface area (Å²) in [6.45, 7) is 10.9. The Hall–Kier alpha value is -2.37. The molecule has 6 nitrogen and oxygen atoms in total. The second-order valence-electron chi connectivity index (χ2n) is 4.39. The largest absolute Gasteiger partial charge is 0.478 e. The summed E-state index contributed by atoms with van der Waals surface area (Å²) in [6, 6.07) is 0. The third-order valence-corrected chi connectivity index (χ3v) is 2.60. The first-order chi connectivity index (χ1) is 10.8. The average molecular weight is 326 g/mol. The Balaban J connectivity index is 0. The maximum absolute atomic E-state index is 11.0. The van der Waals surface area contributed by atoms with Gasteiger partial charge >= 0.3 is 17.9 Å². The van der Waals surface area contributed by atoms with Gasteiger partial charge in [0.25, 0.3) is 0 Å². The summed E-state index contributed by atoms with van der Waals surface area (Å²) in [6.07, 6.45) is 5.16. The molecule has 0 aromatic heterocycles. The summed E-state index contributed by atoms with van der Waals surface area (Å²) in [5, 5.41) is 8.89. The lowest BCUT2D eigenvalue weighted by Gasteiger charge is -2.03. The Morgan fingerprint density at radius 2 is 1.83 bits per heavy atom. The minimum atomic E-state index is -0.939. The molecule has 0 saturated carbocycles. The van der Waals surface area contributed by atoms with E-state index in [1.165, 1.54) is 13.2 Å². The van der Waals surface area contributed by atoms with Gasteiger partial charge < -0.3 is 14.6 Å². The highest BCUT2D eigenvalue weighted by Gasteiger charge is 2.09. The number of carboxylic acids is 1. The minimum Gasteiger partial charge on any atom is -0.478 e. The third-order valence-electron chi connectivity index (χ3n) is 2.60. The van der Waals surface area contributed by atoms with Crippen LogP contribution < -0.4 is 0 Å². The highest BCUT2D eigenvalue weighted by atomic mass is 16.5. The molecule has 0 aromatic rings. The van der Waals surface area contributed by atoms with Crippen molar-refractivity contribution < 1.29 is 29.0 Å². The predicted octanol–water partition coefficient (Wildman–Crippen LogP) is 3.04. The van der Waals surface area contributed by atoms with Crippen LogP contribution in [0.1, 0.15) is 39.5 Å². The van der Waals surface area contributed by atoms with Gasteiger partial charge in [-0.3, -0.25) is 0 Å². The van der Waals surface area contributed by atoms with Crippen molar-refractivity contribution in [1.82, 2.24) is 0 Å². The second-order valence-corrected chi connectivity index (χ2v) is 4.39. The van der Waals surface area contributed by atoms with Gasteiger partial charge in [0.2, 0.25) is 0 Å². The van der Waals surface area contributed by atoms with Crippen LogP contribution in [0.4, 0.5) is 0 Å². The normalized spacial score (nSPS) is 9.96. The van der Waals surface area contributed by atoms with Crippen molar-refractivity contribution in [1.29, 1.82) is 0 Å². The van der Waals surface area contributed by atoms with Gasteiger partial charge in [0.1, 0.15) is 0 Å². The first kappa shape index (κ1) is 22.9. The molecule has 0 unspecified atom stereocenters. The molecule has 0 fully saturated rings. The van der Waals surface area contributed by atoms with Crippen LogP contribution in [0, 0.1) is 0 Å². The van der Waals surface area contributed by atoms with Crippen LogP contribution in [0.5, 0.6) is 0 Å². The summed E-state index contributed by atoms with van der Waals surface area (Å²) >= 11 is 0. The Morgan fingerprint density at radius 1 is 1.22 bits per heavy atom. The zero-order valence-corrected chi connectivity index (χ0v) is 14.1. The number of allylic oxidation sites excluding steroid dienone is 1. The number of carbonyl (C=O) groups is 3. The highest BCUT2D eigenvalue weighted by Crippen LogP contribution is 2.11. The lowest BCUT2D eigenvalue weighted by atomic mass is 10.1. The van der Waals surface area contributed by atoms with Crippen molar-refractivity contribution in [3.63, 3.8) is 0 Å². The minimum absolute atomic E-state index is 0.220. The Kier molecular flexibility index (Phi) is 14.5. The van der Waals surface area contributed by atoms with E-state index in [1.54, 1.807) is 6.92 Å². The van der Waals surface area contributed by atoms with Crippen molar-refractivity contribution in [3.05, 3.63) is 36.5 Å². The quantitative estimate of drug-likeness (QED) is 0.517. The van der Waals surface area contributed by atoms with Crippen LogP contribution in [-0.2, 0) is 23.9 Å². The molecule has 0 aliphatic heterocycles. The molecule has 0 aromatic carbocycles. The maximum atomic E-state index is 11.0. The Bertz CT molecular complexity index is 448. The summed E-state index contributed by atoms with van der Waals surface area (Å²) in [7, 11) is 1.27. The molecule has 0 saturated heterocycles. The fraction of sp³-hybridized carbons (Fsp3) is 0.471. The number of methoxy groups -OCH3 is 1. The van der Waals surface area contributed by atoms with Crippen LogP contribution in [0.25, 0.3) is 0 Å². The molecule has 1 N–H and O–H groups in total. The third kappa shape index (κ3) is 13.0.